The van der Waals surface area contributed by atoms with E-state index in [1.54, 1.807) is 0 Å². The molecule has 0 bridgehead atoms. The summed E-state index contributed by atoms with van der Waals surface area (Å²) in [5.74, 6) is 5.75. The molecule has 3 aliphatic rings. The van der Waals surface area contributed by atoms with Gasteiger partial charge in [0.25, 0.3) is 0 Å². The summed E-state index contributed by atoms with van der Waals surface area (Å²) in [5.41, 5.74) is 5.39. The van der Waals surface area contributed by atoms with E-state index in [-0.39, 0.29) is 16.2 Å². The number of fused-ring (bicyclic) bond motifs is 6. The molecule has 0 fully saturated rings. The molecule has 3 heterocycles. The van der Waals surface area contributed by atoms with Gasteiger partial charge in [-0.05, 0) is 99.9 Å². The minimum Gasteiger partial charge on any atom is -0.456 e. The summed E-state index contributed by atoms with van der Waals surface area (Å²) < 4.78 is 20.9. The van der Waals surface area contributed by atoms with Crippen LogP contribution < -0.4 is 46.0 Å². The van der Waals surface area contributed by atoms with E-state index in [0.29, 0.717) is 0 Å². The molecule has 0 aromatic heterocycles. The highest BCUT2D eigenvalue weighted by Crippen LogP contribution is 2.56. The first-order chi connectivity index (χ1) is 26.7. The molecule has 3 aliphatic heterocycles. The molecular weight excluding hydrogens is 723 g/mol. The summed E-state index contributed by atoms with van der Waals surface area (Å²) in [5, 5.41) is 7.48. The SMILES string of the molecule is CC(C)(C)CCc1cc(P2c3ccccc3Oc3ccccc32)c2c(c1)C(C)(C)c1cc(CCC(C)(C)C)cc(P3c4ccccc4Oc4ccccc43)c1O2. The summed E-state index contributed by atoms with van der Waals surface area (Å²) in [6, 6.07) is 44.4. The molecule has 0 saturated heterocycles. The van der Waals surface area contributed by atoms with Gasteiger partial charge in [0.05, 0.1) is 0 Å². The van der Waals surface area contributed by atoms with Gasteiger partial charge in [0.2, 0.25) is 0 Å². The van der Waals surface area contributed by atoms with E-state index in [4.69, 9.17) is 14.2 Å². The van der Waals surface area contributed by atoms with E-state index in [9.17, 15) is 0 Å². The molecule has 0 saturated carbocycles. The Kier molecular flexibility index (Phi) is 9.23. The fourth-order valence-electron chi connectivity index (χ4n) is 8.32. The normalized spacial score (nSPS) is 15.5. The summed E-state index contributed by atoms with van der Waals surface area (Å²) in [6.07, 6.45) is 4.21. The van der Waals surface area contributed by atoms with Crippen LogP contribution in [0, 0.1) is 10.8 Å². The molecule has 0 unspecified atom stereocenters. The lowest BCUT2D eigenvalue weighted by Gasteiger charge is -2.40. The molecule has 3 nitrogen and oxygen atoms in total. The number of hydrogen-bond donors (Lipinski definition) is 0. The van der Waals surface area contributed by atoms with Crippen LogP contribution in [0.15, 0.2) is 121 Å². The largest absolute Gasteiger partial charge is 0.456 e. The van der Waals surface area contributed by atoms with Crippen molar-refractivity contribution < 1.29 is 14.2 Å². The van der Waals surface area contributed by atoms with Crippen molar-refractivity contribution in [2.45, 2.75) is 86.5 Å². The van der Waals surface area contributed by atoms with Crippen LogP contribution in [-0.2, 0) is 18.3 Å². The second kappa shape index (κ2) is 13.9. The van der Waals surface area contributed by atoms with Crippen molar-refractivity contribution in [2.24, 2.45) is 10.8 Å². The highest BCUT2D eigenvalue weighted by atomic mass is 31.1. The smallest absolute Gasteiger partial charge is 0.139 e. The molecular formula is C51H52O3P2. The molecule has 0 spiro atoms. The number of para-hydroxylation sites is 4. The second-order valence-electron chi connectivity index (χ2n) is 18.6. The van der Waals surface area contributed by atoms with E-state index in [1.807, 2.05) is 0 Å². The number of rotatable bonds is 6. The number of ether oxygens (including phenoxy) is 3. The zero-order valence-electron chi connectivity index (χ0n) is 34.0. The Morgan fingerprint density at radius 1 is 0.429 bits per heavy atom. The molecule has 0 amide bonds. The third kappa shape index (κ3) is 6.76. The third-order valence-electron chi connectivity index (χ3n) is 11.5. The van der Waals surface area contributed by atoms with Gasteiger partial charge in [0, 0.05) is 48.4 Å². The Hall–Kier alpha value is -4.42. The van der Waals surface area contributed by atoms with Gasteiger partial charge in [-0.15, -0.1) is 0 Å². The van der Waals surface area contributed by atoms with Crippen LogP contribution in [0.2, 0.25) is 0 Å². The van der Waals surface area contributed by atoms with Crippen LogP contribution in [0.5, 0.6) is 34.5 Å². The van der Waals surface area contributed by atoms with Crippen LogP contribution in [-0.4, -0.2) is 0 Å². The first-order valence-corrected chi connectivity index (χ1v) is 22.8. The first-order valence-electron chi connectivity index (χ1n) is 20.1. The average Bonchev–Trinajstić information content (AvgIpc) is 3.17. The molecule has 284 valence electrons. The van der Waals surface area contributed by atoms with E-state index in [2.05, 4.69) is 177 Å². The van der Waals surface area contributed by atoms with Crippen molar-refractivity contribution in [3.8, 4) is 34.5 Å². The van der Waals surface area contributed by atoms with Crippen LogP contribution in [0.1, 0.15) is 90.5 Å². The number of aryl methyl sites for hydroxylation is 2. The Labute approximate surface area is 336 Å². The van der Waals surface area contributed by atoms with Crippen LogP contribution >= 0.6 is 15.8 Å². The highest BCUT2D eigenvalue weighted by Gasteiger charge is 2.43. The van der Waals surface area contributed by atoms with Gasteiger partial charge in [0.1, 0.15) is 34.5 Å². The van der Waals surface area contributed by atoms with Crippen LogP contribution in [0.25, 0.3) is 0 Å². The monoisotopic (exact) mass is 774 g/mol. The molecule has 5 heteroatoms. The second-order valence-corrected chi connectivity index (χ2v) is 22.8. The van der Waals surface area contributed by atoms with E-state index in [0.717, 1.165) is 60.2 Å². The number of benzene rings is 6. The molecule has 6 aromatic carbocycles. The van der Waals surface area contributed by atoms with Gasteiger partial charge >= 0.3 is 0 Å². The predicted octanol–water partition coefficient (Wildman–Crippen LogP) is 11.8. The van der Waals surface area contributed by atoms with Crippen LogP contribution in [0.3, 0.4) is 0 Å². The standard InChI is InChI=1S/C51H52O3P2/c1-49(2,3)27-25-33-29-35-47(45(31-33)55-41-21-13-9-17-37(41)52-38-18-10-14-22-42(38)55)54-48-36(51(35,7)8)30-34(26-28-50(4,5)6)32-46(48)56-43-23-15-11-19-39(43)53-40-20-12-16-24-44(40)56/h9-24,29-32H,25-28H2,1-8H3. The molecule has 6 aromatic rings. The van der Waals surface area contributed by atoms with Crippen LogP contribution in [0.4, 0.5) is 0 Å². The van der Waals surface area contributed by atoms with Crippen molar-refractivity contribution in [2.75, 3.05) is 0 Å². The summed E-state index contributed by atoms with van der Waals surface area (Å²) >= 11 is 0. The Balaban J connectivity index is 1.31. The molecule has 0 radical (unpaired) electrons. The fraction of sp³-hybridized carbons (Fsp3) is 0.294. The van der Waals surface area contributed by atoms with Gasteiger partial charge in [-0.2, -0.15) is 0 Å². The van der Waals surface area contributed by atoms with Crippen molar-refractivity contribution in [3.63, 3.8) is 0 Å². The maximum Gasteiger partial charge on any atom is 0.139 e. The van der Waals surface area contributed by atoms with Gasteiger partial charge in [0.15, 0.2) is 0 Å². The van der Waals surface area contributed by atoms with Gasteiger partial charge in [-0.25, -0.2) is 0 Å². The van der Waals surface area contributed by atoms with Gasteiger partial charge in [-0.3, -0.25) is 0 Å². The molecule has 9 rings (SSSR count). The zero-order chi connectivity index (χ0) is 39.0. The quantitative estimate of drug-likeness (QED) is 0.158. The topological polar surface area (TPSA) is 27.7 Å². The average molecular weight is 775 g/mol. The highest BCUT2D eigenvalue weighted by molar-refractivity contribution is 7.81. The van der Waals surface area contributed by atoms with E-state index in [1.165, 1.54) is 54.1 Å². The van der Waals surface area contributed by atoms with Crippen molar-refractivity contribution in [1.29, 1.82) is 0 Å². The van der Waals surface area contributed by atoms with Gasteiger partial charge in [-0.1, -0.05) is 140 Å². The Morgan fingerprint density at radius 3 is 1.07 bits per heavy atom. The summed E-state index contributed by atoms with van der Waals surface area (Å²) in [4.78, 5) is 0. The molecule has 0 N–H and O–H groups in total. The predicted molar refractivity (Wildman–Crippen MR) is 238 cm³/mol. The lowest BCUT2D eigenvalue weighted by atomic mass is 9.74. The minimum absolute atomic E-state index is 0.215. The van der Waals surface area contributed by atoms with Crippen molar-refractivity contribution in [3.05, 3.63) is 144 Å². The van der Waals surface area contributed by atoms with Crippen molar-refractivity contribution in [1.82, 2.24) is 0 Å². The third-order valence-corrected chi connectivity index (χ3v) is 16.5. The molecule has 0 aliphatic carbocycles. The Bertz CT molecular complexity index is 2220. The minimum atomic E-state index is -0.997. The Morgan fingerprint density at radius 2 is 0.750 bits per heavy atom. The van der Waals surface area contributed by atoms with E-state index >= 15 is 0 Å². The number of hydrogen-bond acceptors (Lipinski definition) is 3. The lowest BCUT2D eigenvalue weighted by molar-refractivity contribution is 0.377. The van der Waals surface area contributed by atoms with Gasteiger partial charge < -0.3 is 14.2 Å². The molecule has 0 atom stereocenters. The summed E-state index contributed by atoms with van der Waals surface area (Å²) in [7, 11) is -1.99. The fourth-order valence-corrected chi connectivity index (χ4v) is 13.5. The maximum atomic E-state index is 7.69. The van der Waals surface area contributed by atoms with Crippen molar-refractivity contribution >= 4 is 47.7 Å². The summed E-state index contributed by atoms with van der Waals surface area (Å²) in [6.45, 7) is 18.9. The lowest BCUT2D eigenvalue weighted by Crippen LogP contribution is -2.35. The molecule has 56 heavy (non-hydrogen) atoms. The maximum absolute atomic E-state index is 7.69. The zero-order valence-corrected chi connectivity index (χ0v) is 35.8. The first kappa shape index (κ1) is 37.2. The van der Waals surface area contributed by atoms with E-state index < -0.39 is 15.8 Å².